The first kappa shape index (κ1) is 16.1. The predicted octanol–water partition coefficient (Wildman–Crippen LogP) is 2.04. The Hall–Kier alpha value is -1.73. The number of hydrogen-bond donors (Lipinski definition) is 2. The van der Waals surface area contributed by atoms with Gasteiger partial charge < -0.3 is 15.2 Å². The van der Waals surface area contributed by atoms with Crippen molar-refractivity contribution in [3.8, 4) is 0 Å². The number of hydrogen-bond acceptors (Lipinski definition) is 3. The zero-order chi connectivity index (χ0) is 16.6. The molecule has 23 heavy (non-hydrogen) atoms. The lowest BCUT2D eigenvalue weighted by atomic mass is 9.96. The first-order valence-corrected chi connectivity index (χ1v) is 8.03. The van der Waals surface area contributed by atoms with Crippen LogP contribution in [0.5, 0.6) is 0 Å². The van der Waals surface area contributed by atoms with Gasteiger partial charge in [0.2, 0.25) is 5.91 Å². The van der Waals surface area contributed by atoms with Crippen molar-refractivity contribution in [1.82, 2.24) is 5.32 Å². The van der Waals surface area contributed by atoms with Crippen LogP contribution in [0.25, 0.3) is 0 Å². The predicted molar refractivity (Wildman–Crippen MR) is 83.3 cm³/mol. The van der Waals surface area contributed by atoms with Crippen molar-refractivity contribution < 1.29 is 23.8 Å². The highest BCUT2D eigenvalue weighted by Gasteiger charge is 2.39. The number of carbonyl (C=O) groups excluding carboxylic acids is 1. The fourth-order valence-corrected chi connectivity index (χ4v) is 3.47. The summed E-state index contributed by atoms with van der Waals surface area (Å²) in [5.74, 6) is -3.56. The smallest absolute Gasteiger partial charge is 0.316 e. The third-order valence-electron chi connectivity index (χ3n) is 4.03. The molecule has 0 aromatic heterocycles. The molecule has 0 aliphatic carbocycles. The Labute approximate surface area is 140 Å². The Morgan fingerprint density at radius 2 is 2.17 bits per heavy atom. The highest BCUT2D eigenvalue weighted by Crippen LogP contribution is 2.28. The minimum atomic E-state index is -1.27. The van der Waals surface area contributed by atoms with Gasteiger partial charge in [0.25, 0.3) is 0 Å². The summed E-state index contributed by atoms with van der Waals surface area (Å²) in [7, 11) is 0. The minimum Gasteiger partial charge on any atom is -0.481 e. The summed E-state index contributed by atoms with van der Waals surface area (Å²) in [5.41, 5.74) is 0.448. The van der Waals surface area contributed by atoms with Gasteiger partial charge in [0.05, 0.1) is 18.2 Å². The van der Waals surface area contributed by atoms with Crippen molar-refractivity contribution in [3.63, 3.8) is 0 Å². The van der Waals surface area contributed by atoms with E-state index in [9.17, 15) is 19.1 Å². The second-order valence-electron chi connectivity index (χ2n) is 5.75. The summed E-state index contributed by atoms with van der Waals surface area (Å²) in [5, 5.41) is 12.1. The van der Waals surface area contributed by atoms with Gasteiger partial charge in [-0.25, -0.2) is 4.39 Å². The quantitative estimate of drug-likeness (QED) is 0.602. The van der Waals surface area contributed by atoms with Gasteiger partial charge in [0.1, 0.15) is 11.7 Å². The van der Waals surface area contributed by atoms with E-state index in [-0.39, 0.29) is 24.7 Å². The first-order chi connectivity index (χ1) is 10.9. The van der Waals surface area contributed by atoms with Gasteiger partial charge in [-0.1, -0.05) is 28.1 Å². The van der Waals surface area contributed by atoms with E-state index in [1.807, 2.05) is 12.2 Å². The zero-order valence-electron chi connectivity index (χ0n) is 12.0. The van der Waals surface area contributed by atoms with Crippen molar-refractivity contribution in [2.24, 2.45) is 5.92 Å². The van der Waals surface area contributed by atoms with Gasteiger partial charge in [0, 0.05) is 10.9 Å². The molecule has 2 heterocycles. The highest BCUT2D eigenvalue weighted by molar-refractivity contribution is 9.10. The van der Waals surface area contributed by atoms with Crippen molar-refractivity contribution in [3.05, 3.63) is 46.2 Å². The largest absolute Gasteiger partial charge is 0.481 e. The molecule has 0 radical (unpaired) electrons. The van der Waals surface area contributed by atoms with Crippen molar-refractivity contribution in [2.45, 2.75) is 31.1 Å². The Morgan fingerprint density at radius 3 is 2.74 bits per heavy atom. The third kappa shape index (κ3) is 3.61. The van der Waals surface area contributed by atoms with Crippen LogP contribution < -0.4 is 5.32 Å². The average molecular weight is 384 g/mol. The first-order valence-electron chi connectivity index (χ1n) is 7.24. The lowest BCUT2D eigenvalue weighted by Crippen LogP contribution is -2.45. The topological polar surface area (TPSA) is 75.6 Å². The average Bonchev–Trinajstić information content (AvgIpc) is 3.05. The maximum Gasteiger partial charge on any atom is 0.316 e. The number of fused-ring (bicyclic) bond motifs is 2. The molecule has 1 amide bonds. The molecule has 2 aliphatic heterocycles. The second-order valence-corrected chi connectivity index (χ2v) is 6.66. The van der Waals surface area contributed by atoms with Crippen LogP contribution in [0.2, 0.25) is 0 Å². The van der Waals surface area contributed by atoms with Crippen LogP contribution in [0.1, 0.15) is 12.0 Å². The molecule has 1 aromatic rings. The van der Waals surface area contributed by atoms with Gasteiger partial charge >= 0.3 is 5.97 Å². The SMILES string of the molecule is O=C(O)C(Cc1cc(F)cc(Br)c1)C(=O)NC1CC2C=CC1O2. The van der Waals surface area contributed by atoms with E-state index in [2.05, 4.69) is 21.2 Å². The molecule has 0 saturated carbocycles. The fourth-order valence-electron chi connectivity index (χ4n) is 2.95. The Balaban J connectivity index is 1.69. The number of nitrogens with one attached hydrogen (secondary N) is 1. The summed E-state index contributed by atoms with van der Waals surface area (Å²) in [6, 6.07) is 3.91. The lowest BCUT2D eigenvalue weighted by molar-refractivity contribution is -0.147. The number of carbonyl (C=O) groups is 2. The van der Waals surface area contributed by atoms with E-state index in [1.54, 1.807) is 6.07 Å². The van der Waals surface area contributed by atoms with Crippen molar-refractivity contribution >= 4 is 27.8 Å². The van der Waals surface area contributed by atoms with E-state index in [1.165, 1.54) is 12.1 Å². The molecule has 4 atom stereocenters. The lowest BCUT2D eigenvalue weighted by Gasteiger charge is -2.20. The summed E-state index contributed by atoms with van der Waals surface area (Å²) in [6.07, 6.45) is 4.18. The number of benzene rings is 1. The van der Waals surface area contributed by atoms with Crippen molar-refractivity contribution in [1.29, 1.82) is 0 Å². The van der Waals surface area contributed by atoms with E-state index >= 15 is 0 Å². The summed E-state index contributed by atoms with van der Waals surface area (Å²) in [4.78, 5) is 23.8. The maximum atomic E-state index is 13.4. The van der Waals surface area contributed by atoms with Gasteiger partial charge in [-0.05, 0) is 30.2 Å². The third-order valence-corrected chi connectivity index (χ3v) is 4.49. The van der Waals surface area contributed by atoms with Crippen LogP contribution in [-0.4, -0.2) is 35.2 Å². The summed E-state index contributed by atoms with van der Waals surface area (Å²) in [6.45, 7) is 0. The summed E-state index contributed by atoms with van der Waals surface area (Å²) >= 11 is 3.16. The molecular formula is C16H15BrFNO4. The molecule has 2 bridgehead atoms. The molecule has 5 nitrogen and oxygen atoms in total. The van der Waals surface area contributed by atoms with Crippen LogP contribution in [0, 0.1) is 11.7 Å². The molecule has 2 aliphatic rings. The van der Waals surface area contributed by atoms with E-state index in [0.29, 0.717) is 16.5 Å². The molecule has 0 spiro atoms. The van der Waals surface area contributed by atoms with E-state index in [4.69, 9.17) is 4.74 Å². The van der Waals surface area contributed by atoms with Gasteiger partial charge in [-0.3, -0.25) is 9.59 Å². The van der Waals surface area contributed by atoms with Crippen molar-refractivity contribution in [2.75, 3.05) is 0 Å². The molecular weight excluding hydrogens is 369 g/mol. The molecule has 1 aromatic carbocycles. The molecule has 122 valence electrons. The number of carboxylic acids is 1. The van der Waals surface area contributed by atoms with Gasteiger partial charge in [0.15, 0.2) is 0 Å². The van der Waals surface area contributed by atoms with Crippen LogP contribution in [0.3, 0.4) is 0 Å². The summed E-state index contributed by atoms with van der Waals surface area (Å²) < 4.78 is 19.5. The van der Waals surface area contributed by atoms with Crippen LogP contribution >= 0.6 is 15.9 Å². The van der Waals surface area contributed by atoms with Gasteiger partial charge in [-0.2, -0.15) is 0 Å². The second kappa shape index (κ2) is 6.41. The number of amides is 1. The highest BCUT2D eigenvalue weighted by atomic mass is 79.9. The Kier molecular flexibility index (Phi) is 4.50. The standard InChI is InChI=1S/C16H15BrFNO4/c17-9-3-8(4-10(18)6-9)5-12(16(21)22)15(20)19-13-7-11-1-2-14(13)23-11/h1-4,6,11-14H,5,7H2,(H,19,20)(H,21,22). The van der Waals surface area contributed by atoms with Crippen LogP contribution in [-0.2, 0) is 20.7 Å². The van der Waals surface area contributed by atoms with E-state index in [0.717, 1.165) is 0 Å². The molecule has 1 fully saturated rings. The van der Waals surface area contributed by atoms with Crippen LogP contribution in [0.4, 0.5) is 4.39 Å². The van der Waals surface area contributed by atoms with E-state index < -0.39 is 23.6 Å². The molecule has 3 rings (SSSR count). The number of carboxylic acid groups (broad SMARTS) is 1. The Morgan fingerprint density at radius 1 is 1.39 bits per heavy atom. The number of halogens is 2. The monoisotopic (exact) mass is 383 g/mol. The molecule has 2 N–H and O–H groups in total. The minimum absolute atomic E-state index is 0.00671. The zero-order valence-corrected chi connectivity index (χ0v) is 13.6. The normalized spacial score (nSPS) is 26.3. The van der Waals surface area contributed by atoms with Gasteiger partial charge in [-0.15, -0.1) is 0 Å². The Bertz CT molecular complexity index is 658. The fraction of sp³-hybridized carbons (Fsp3) is 0.375. The maximum absolute atomic E-state index is 13.4. The molecule has 4 unspecified atom stereocenters. The molecule has 1 saturated heterocycles. The number of ether oxygens (including phenoxy) is 1. The molecule has 7 heteroatoms. The number of aliphatic carboxylic acids is 1. The van der Waals surface area contributed by atoms with Crippen LogP contribution in [0.15, 0.2) is 34.8 Å². The number of rotatable bonds is 5.